The molecule has 0 saturated carbocycles. The van der Waals surface area contributed by atoms with Crippen molar-refractivity contribution in [3.05, 3.63) is 12.2 Å². The van der Waals surface area contributed by atoms with Crippen molar-refractivity contribution < 1.29 is 9.90 Å². The molecule has 0 spiro atoms. The third kappa shape index (κ3) is 1.57. The second-order valence-corrected chi connectivity index (χ2v) is 2.30. The van der Waals surface area contributed by atoms with Gasteiger partial charge in [0.05, 0.1) is 12.5 Å². The molecule has 1 saturated heterocycles. The molecule has 0 aromatic rings. The van der Waals surface area contributed by atoms with Crippen molar-refractivity contribution in [2.75, 3.05) is 13.2 Å². The van der Waals surface area contributed by atoms with E-state index < -0.39 is 0 Å². The molecule has 0 aromatic carbocycles. The maximum atomic E-state index is 10.8. The monoisotopic (exact) mass is 141 g/mol. The summed E-state index contributed by atoms with van der Waals surface area (Å²) in [7, 11) is 0. The largest absolute Gasteiger partial charge is 0.392 e. The molecule has 1 rings (SSSR count). The second-order valence-electron chi connectivity index (χ2n) is 2.30. The molecular weight excluding hydrogens is 130 g/mol. The van der Waals surface area contributed by atoms with Gasteiger partial charge >= 0.3 is 0 Å². The molecular formula is C7H11NO2. The van der Waals surface area contributed by atoms with Gasteiger partial charge in [-0.1, -0.05) is 12.2 Å². The van der Waals surface area contributed by atoms with Crippen LogP contribution >= 0.6 is 0 Å². The SMILES string of the molecule is O=C1NCCC1/C=C/CO. The van der Waals surface area contributed by atoms with Crippen LogP contribution in [0.2, 0.25) is 0 Å². The molecule has 1 unspecified atom stereocenters. The van der Waals surface area contributed by atoms with Gasteiger partial charge in [0, 0.05) is 6.54 Å². The highest BCUT2D eigenvalue weighted by atomic mass is 16.2. The second kappa shape index (κ2) is 3.37. The predicted octanol–water partition coefficient (Wildman–Crippen LogP) is -0.329. The van der Waals surface area contributed by atoms with Crippen LogP contribution in [0.25, 0.3) is 0 Å². The maximum absolute atomic E-state index is 10.8. The predicted molar refractivity (Wildman–Crippen MR) is 37.3 cm³/mol. The molecule has 3 nitrogen and oxygen atoms in total. The van der Waals surface area contributed by atoms with Gasteiger partial charge < -0.3 is 10.4 Å². The summed E-state index contributed by atoms with van der Waals surface area (Å²) in [5, 5.41) is 11.1. The van der Waals surface area contributed by atoms with Crippen molar-refractivity contribution in [2.45, 2.75) is 6.42 Å². The Morgan fingerprint density at radius 3 is 3.10 bits per heavy atom. The van der Waals surface area contributed by atoms with Gasteiger partial charge in [0.1, 0.15) is 0 Å². The Labute approximate surface area is 59.7 Å². The molecule has 0 bridgehead atoms. The summed E-state index contributed by atoms with van der Waals surface area (Å²) in [4.78, 5) is 10.8. The van der Waals surface area contributed by atoms with Crippen molar-refractivity contribution in [2.24, 2.45) is 5.92 Å². The lowest BCUT2D eigenvalue weighted by atomic mass is 10.1. The molecule has 1 fully saturated rings. The Kier molecular flexibility index (Phi) is 2.45. The van der Waals surface area contributed by atoms with Crippen LogP contribution in [-0.4, -0.2) is 24.2 Å². The summed E-state index contributed by atoms with van der Waals surface area (Å²) in [6, 6.07) is 0. The number of carbonyl (C=O) groups is 1. The Morgan fingerprint density at radius 2 is 2.60 bits per heavy atom. The molecule has 0 aliphatic carbocycles. The summed E-state index contributed by atoms with van der Waals surface area (Å²) in [5.41, 5.74) is 0. The highest BCUT2D eigenvalue weighted by Crippen LogP contribution is 2.09. The third-order valence-electron chi connectivity index (χ3n) is 1.57. The van der Waals surface area contributed by atoms with Gasteiger partial charge in [-0.2, -0.15) is 0 Å². The first kappa shape index (κ1) is 7.28. The molecule has 1 atom stereocenters. The Hall–Kier alpha value is -0.830. The molecule has 2 N–H and O–H groups in total. The van der Waals surface area contributed by atoms with E-state index in [-0.39, 0.29) is 18.4 Å². The van der Waals surface area contributed by atoms with E-state index in [1.165, 1.54) is 0 Å². The Bertz CT molecular complexity index is 154. The van der Waals surface area contributed by atoms with Crippen molar-refractivity contribution in [1.82, 2.24) is 5.32 Å². The molecule has 1 heterocycles. The number of amides is 1. The Morgan fingerprint density at radius 1 is 1.80 bits per heavy atom. The standard InChI is InChI=1S/C7H11NO2/c9-5-1-2-6-3-4-8-7(6)10/h1-2,6,9H,3-5H2,(H,8,10)/b2-1+. The average molecular weight is 141 g/mol. The van der Waals surface area contributed by atoms with Gasteiger partial charge in [-0.05, 0) is 6.42 Å². The molecule has 1 aliphatic heterocycles. The van der Waals surface area contributed by atoms with Crippen LogP contribution in [0.1, 0.15) is 6.42 Å². The van der Waals surface area contributed by atoms with Gasteiger partial charge in [0.2, 0.25) is 5.91 Å². The Balaban J connectivity index is 2.40. The van der Waals surface area contributed by atoms with Gasteiger partial charge in [0.15, 0.2) is 0 Å². The first-order valence-corrected chi connectivity index (χ1v) is 3.40. The molecule has 1 amide bonds. The van der Waals surface area contributed by atoms with E-state index >= 15 is 0 Å². The van der Waals surface area contributed by atoms with Crippen LogP contribution in [0.3, 0.4) is 0 Å². The molecule has 1 aliphatic rings. The fraction of sp³-hybridized carbons (Fsp3) is 0.571. The number of nitrogens with one attached hydrogen (secondary N) is 1. The van der Waals surface area contributed by atoms with Crippen molar-refractivity contribution in [1.29, 1.82) is 0 Å². The van der Waals surface area contributed by atoms with Gasteiger partial charge in [-0.25, -0.2) is 0 Å². The zero-order valence-corrected chi connectivity index (χ0v) is 5.71. The molecule has 0 aromatic heterocycles. The van der Waals surface area contributed by atoms with E-state index in [1.54, 1.807) is 12.2 Å². The van der Waals surface area contributed by atoms with E-state index in [9.17, 15) is 4.79 Å². The average Bonchev–Trinajstić information content (AvgIpc) is 2.31. The zero-order chi connectivity index (χ0) is 7.40. The lowest BCUT2D eigenvalue weighted by Crippen LogP contribution is -2.17. The number of aliphatic hydroxyl groups is 1. The van der Waals surface area contributed by atoms with Gasteiger partial charge in [-0.15, -0.1) is 0 Å². The number of aliphatic hydroxyl groups excluding tert-OH is 1. The fourth-order valence-corrected chi connectivity index (χ4v) is 1.02. The highest BCUT2D eigenvalue weighted by molar-refractivity contribution is 5.82. The first-order chi connectivity index (χ1) is 4.84. The molecule has 0 radical (unpaired) electrons. The lowest BCUT2D eigenvalue weighted by molar-refractivity contribution is -0.121. The van der Waals surface area contributed by atoms with E-state index in [2.05, 4.69) is 5.32 Å². The van der Waals surface area contributed by atoms with Crippen molar-refractivity contribution in [3.8, 4) is 0 Å². The van der Waals surface area contributed by atoms with E-state index in [1.807, 2.05) is 0 Å². The van der Waals surface area contributed by atoms with Gasteiger partial charge in [-0.3, -0.25) is 4.79 Å². The van der Waals surface area contributed by atoms with Gasteiger partial charge in [0.25, 0.3) is 0 Å². The van der Waals surface area contributed by atoms with Crippen molar-refractivity contribution >= 4 is 5.91 Å². The number of carbonyl (C=O) groups excluding carboxylic acids is 1. The lowest BCUT2D eigenvalue weighted by Gasteiger charge is -1.95. The quantitative estimate of drug-likeness (QED) is 0.517. The minimum atomic E-state index is -0.00727. The summed E-state index contributed by atoms with van der Waals surface area (Å²) in [6.45, 7) is 0.781. The van der Waals surface area contributed by atoms with Crippen LogP contribution in [0, 0.1) is 5.92 Å². The van der Waals surface area contributed by atoms with Crippen LogP contribution in [0.4, 0.5) is 0 Å². The zero-order valence-electron chi connectivity index (χ0n) is 5.71. The van der Waals surface area contributed by atoms with E-state index in [0.717, 1.165) is 13.0 Å². The fourth-order valence-electron chi connectivity index (χ4n) is 1.02. The van der Waals surface area contributed by atoms with Crippen LogP contribution in [-0.2, 0) is 4.79 Å². The van der Waals surface area contributed by atoms with E-state index in [0.29, 0.717) is 0 Å². The topological polar surface area (TPSA) is 49.3 Å². The third-order valence-corrected chi connectivity index (χ3v) is 1.57. The number of rotatable bonds is 2. The minimum absolute atomic E-state index is 0.00727. The summed E-state index contributed by atoms with van der Waals surface area (Å²) < 4.78 is 0. The minimum Gasteiger partial charge on any atom is -0.392 e. The summed E-state index contributed by atoms with van der Waals surface area (Å²) in [5.74, 6) is 0.0665. The summed E-state index contributed by atoms with van der Waals surface area (Å²) in [6.07, 6.45) is 4.22. The maximum Gasteiger partial charge on any atom is 0.226 e. The van der Waals surface area contributed by atoms with Crippen LogP contribution in [0.5, 0.6) is 0 Å². The number of hydrogen-bond donors (Lipinski definition) is 2. The number of hydrogen-bond acceptors (Lipinski definition) is 2. The van der Waals surface area contributed by atoms with Crippen molar-refractivity contribution in [3.63, 3.8) is 0 Å². The van der Waals surface area contributed by atoms with E-state index in [4.69, 9.17) is 5.11 Å². The summed E-state index contributed by atoms with van der Waals surface area (Å²) >= 11 is 0. The van der Waals surface area contributed by atoms with Crippen LogP contribution < -0.4 is 5.32 Å². The highest BCUT2D eigenvalue weighted by Gasteiger charge is 2.20. The normalized spacial score (nSPS) is 25.7. The molecule has 56 valence electrons. The molecule has 10 heavy (non-hydrogen) atoms. The van der Waals surface area contributed by atoms with Crippen LogP contribution in [0.15, 0.2) is 12.2 Å². The smallest absolute Gasteiger partial charge is 0.226 e. The molecule has 3 heteroatoms. The first-order valence-electron chi connectivity index (χ1n) is 3.40.